The molecule has 0 fully saturated rings. The summed E-state index contributed by atoms with van der Waals surface area (Å²) in [6.07, 6.45) is 0. The van der Waals surface area contributed by atoms with Gasteiger partial charge in [0.15, 0.2) is 0 Å². The minimum absolute atomic E-state index is 0.0649. The number of rotatable bonds is 6. The van der Waals surface area contributed by atoms with E-state index in [1.54, 1.807) is 27.7 Å². The van der Waals surface area contributed by atoms with Crippen LogP contribution in [0.25, 0.3) is 131 Å². The van der Waals surface area contributed by atoms with E-state index in [2.05, 4.69) is 126 Å². The highest BCUT2D eigenvalue weighted by Gasteiger charge is 2.52. The fourth-order valence-electron chi connectivity index (χ4n) is 16.8. The molecular weight excluding hydrogens is 1210 g/mol. The molecule has 6 heteroatoms. The highest BCUT2D eigenvalue weighted by molar-refractivity contribution is 8.00. The van der Waals surface area contributed by atoms with Gasteiger partial charge in [0, 0.05) is 85.4 Å². The third kappa shape index (κ3) is 7.33. The number of aromatic nitrogens is 2. The highest BCUT2D eigenvalue weighted by atomic mass is 32.2. The molecule has 3 aromatic heterocycles. The average molecular weight is 1280 g/mol. The molecule has 1 spiro atoms. The number of hydrogen-bond acceptors (Lipinski definition) is 3. The molecule has 22 rings (SSSR count). The van der Waals surface area contributed by atoms with Crippen LogP contribution in [0.1, 0.15) is 44.2 Å². The van der Waals surface area contributed by atoms with E-state index in [0.29, 0.717) is 22.7 Å². The van der Waals surface area contributed by atoms with Crippen LogP contribution >= 0.6 is 23.1 Å². The normalized spacial score (nSPS) is 15.9. The second-order valence-electron chi connectivity index (χ2n) is 25.3. The van der Waals surface area contributed by atoms with Gasteiger partial charge in [-0.1, -0.05) is 272 Å². The van der Waals surface area contributed by atoms with Crippen molar-refractivity contribution in [2.75, 3.05) is 4.90 Å². The number of fused-ring (bicyclic) bond motifs is 24. The fraction of sp³-hybridized carbons (Fsp3) is 0.0110. The number of thiophene rings is 1. The van der Waals surface area contributed by atoms with Crippen molar-refractivity contribution < 1.29 is 21.9 Å². The van der Waals surface area contributed by atoms with Crippen molar-refractivity contribution >= 4 is 127 Å². The Morgan fingerprint density at radius 1 is 0.340 bits per heavy atom. The fourth-order valence-corrected chi connectivity index (χ4v) is 19.4. The average Bonchev–Trinajstić information content (AvgIpc) is 1.59. The lowest BCUT2D eigenvalue weighted by molar-refractivity contribution is 0.794. The molecule has 2 aliphatic heterocycles. The predicted octanol–water partition coefficient (Wildman–Crippen LogP) is 22.4. The highest BCUT2D eigenvalue weighted by Crippen LogP contribution is 2.63. The molecule has 2 aliphatic carbocycles. The third-order valence-corrected chi connectivity index (χ3v) is 23.0. The van der Waals surface area contributed by atoms with Crippen molar-refractivity contribution in [1.29, 1.82) is 0 Å². The molecule has 0 atom stereocenters. The molecule has 0 N–H and O–H groups in total. The number of benzene rings is 15. The first-order valence-corrected chi connectivity index (χ1v) is 33.9. The van der Waals surface area contributed by atoms with Crippen molar-refractivity contribution in [3.05, 3.63) is 349 Å². The Bertz CT molecular complexity index is 7210. The van der Waals surface area contributed by atoms with E-state index in [1.807, 2.05) is 109 Å². The van der Waals surface area contributed by atoms with E-state index in [-0.39, 0.29) is 49.3 Å². The molecule has 3 nitrogen and oxygen atoms in total. The lowest BCUT2D eigenvalue weighted by Crippen LogP contribution is -2.60. The van der Waals surface area contributed by atoms with Crippen LogP contribution in [0.4, 0.5) is 17.1 Å². The summed E-state index contributed by atoms with van der Waals surface area (Å²) in [6.45, 7) is -0.646. The van der Waals surface area contributed by atoms with Crippen LogP contribution < -0.4 is 21.3 Å². The van der Waals surface area contributed by atoms with Crippen LogP contribution in [0, 0.1) is 0 Å². The first-order chi connectivity index (χ1) is 54.8. The number of para-hydroxylation sites is 5. The van der Waals surface area contributed by atoms with E-state index in [9.17, 15) is 16.4 Å². The lowest BCUT2D eigenvalue weighted by atomic mass is 9.34. The third-order valence-electron chi connectivity index (χ3n) is 20.7. The molecule has 5 heterocycles. The largest absolute Gasteiger partial charge is 0.310 e. The summed E-state index contributed by atoms with van der Waals surface area (Å²) >= 11 is 3.25. The van der Waals surface area contributed by atoms with Crippen LogP contribution in [0.5, 0.6) is 0 Å². The summed E-state index contributed by atoms with van der Waals surface area (Å²) < 4.78 is 156. The molecule has 0 saturated carbocycles. The quantitative estimate of drug-likeness (QED) is 0.154. The van der Waals surface area contributed by atoms with Crippen LogP contribution in [-0.4, -0.2) is 15.8 Å². The molecule has 4 aliphatic rings. The monoisotopic (exact) mass is 1280 g/mol. The summed E-state index contributed by atoms with van der Waals surface area (Å²) in [5.74, 6) is 0. The van der Waals surface area contributed by atoms with Gasteiger partial charge in [-0.05, 0) is 150 Å². The molecule has 0 amide bonds. The minimum Gasteiger partial charge on any atom is -0.310 e. The number of anilines is 3. The summed E-state index contributed by atoms with van der Waals surface area (Å²) in [5, 5.41) is 1.66. The molecule has 0 bridgehead atoms. The Morgan fingerprint density at radius 2 is 0.814 bits per heavy atom. The van der Waals surface area contributed by atoms with Gasteiger partial charge < -0.3 is 14.0 Å². The maximum absolute atomic E-state index is 9.90. The van der Waals surface area contributed by atoms with E-state index < -0.39 is 109 Å². The Labute approximate surface area is 591 Å². The number of hydrogen-bond donors (Lipinski definition) is 0. The summed E-state index contributed by atoms with van der Waals surface area (Å²) in [6, 6.07) is 71.7. The molecule has 448 valence electrons. The molecular formula is C91H54BN3S2. The van der Waals surface area contributed by atoms with Gasteiger partial charge in [-0.2, -0.15) is 0 Å². The second-order valence-corrected chi connectivity index (χ2v) is 27.4. The minimum atomic E-state index is -0.646. The molecule has 97 heavy (non-hydrogen) atoms. The van der Waals surface area contributed by atoms with Gasteiger partial charge >= 0.3 is 0 Å². The SMILES string of the molecule is [2H]c1c([2H])c([2H])c2c(c1[2H])c1c([2H])c([2H])c([2H])c([2H])c1n2-c1ccc2c(c1)N(c1c(-c3ccccc3)cccc1-c1ccccc1)c1cc(-n3c4c([2H])c([2H])c([2H])c([2H])c4c4c([2H])c([2H])c([2H])c([2H])c43)cc3c1B2c1ccc2sc4ccc(-c5ccc6c(c5)-c5ccccc5C65c6ccccc6-c6ccccc65)cc4c2c1S3. The van der Waals surface area contributed by atoms with Crippen LogP contribution in [0.2, 0.25) is 0 Å². The zero-order chi connectivity index (χ0) is 77.1. The van der Waals surface area contributed by atoms with Crippen LogP contribution in [-0.2, 0) is 5.41 Å². The summed E-state index contributed by atoms with van der Waals surface area (Å²) in [5.41, 5.74) is 19.2. The van der Waals surface area contributed by atoms with E-state index in [1.165, 1.54) is 43.5 Å². The predicted molar refractivity (Wildman–Crippen MR) is 411 cm³/mol. The van der Waals surface area contributed by atoms with Crippen molar-refractivity contribution in [2.24, 2.45) is 0 Å². The molecule has 18 aromatic rings. The Morgan fingerprint density at radius 3 is 1.41 bits per heavy atom. The van der Waals surface area contributed by atoms with Gasteiger partial charge in [0.05, 0.1) is 55.1 Å². The smallest absolute Gasteiger partial charge is 0.249 e. The summed E-state index contributed by atoms with van der Waals surface area (Å²) in [7, 11) is 0. The van der Waals surface area contributed by atoms with Crippen molar-refractivity contribution in [1.82, 2.24) is 9.13 Å². The molecule has 0 saturated heterocycles. The van der Waals surface area contributed by atoms with E-state index >= 15 is 0 Å². The first-order valence-electron chi connectivity index (χ1n) is 40.3. The van der Waals surface area contributed by atoms with Gasteiger partial charge in [0.25, 0.3) is 0 Å². The van der Waals surface area contributed by atoms with Crippen molar-refractivity contribution in [3.8, 4) is 67.0 Å². The van der Waals surface area contributed by atoms with Crippen molar-refractivity contribution in [2.45, 2.75) is 15.2 Å². The lowest BCUT2D eigenvalue weighted by Gasteiger charge is -2.42. The van der Waals surface area contributed by atoms with Crippen molar-refractivity contribution in [3.63, 3.8) is 0 Å². The van der Waals surface area contributed by atoms with Gasteiger partial charge in [-0.3, -0.25) is 0 Å². The van der Waals surface area contributed by atoms with Gasteiger partial charge in [0.2, 0.25) is 6.71 Å². The van der Waals surface area contributed by atoms with Gasteiger partial charge in [-0.15, -0.1) is 11.3 Å². The van der Waals surface area contributed by atoms with Gasteiger partial charge in [-0.25, -0.2) is 0 Å². The maximum atomic E-state index is 9.90. The first kappa shape index (κ1) is 40.6. The van der Waals surface area contributed by atoms with Crippen LogP contribution in [0.15, 0.2) is 337 Å². The summed E-state index contributed by atoms with van der Waals surface area (Å²) in [4.78, 5) is 3.81. The Hall–Kier alpha value is -11.7. The number of nitrogens with zero attached hydrogens (tertiary/aromatic N) is 3. The molecule has 0 unspecified atom stereocenters. The van der Waals surface area contributed by atoms with Gasteiger partial charge in [0.1, 0.15) is 0 Å². The zero-order valence-corrected chi connectivity index (χ0v) is 52.8. The van der Waals surface area contributed by atoms with E-state index in [0.717, 1.165) is 85.3 Å². The Kier molecular flexibility index (Phi) is 8.44. The zero-order valence-electron chi connectivity index (χ0n) is 67.2. The topological polar surface area (TPSA) is 13.1 Å². The van der Waals surface area contributed by atoms with E-state index in [4.69, 9.17) is 5.48 Å². The standard InChI is InChI=1S/C91H54BN3S2/c1-3-22-55(23-4-1)61-33-21-34-62(56-24-5-2-6-25-56)89(61)95-82-52-59(93-78-38-17-10-29-66(78)67-30-11-18-39-79(67)93)44-46-76(82)92-77-47-49-85-87(90(77)97-86-54-60(53-83(95)88(86)92)94-80-40-19-12-31-68(80)69-32-13-20-41-81(69)94)71-51-58(43-48-84(71)96-85)57-42-45-75-70(50-57)65-28-9-16-37-74(65)91(75)72-35-14-7-26-63(72)64-27-8-15-36-73(64)91/h1-54H/i10D,11D,12D,13D,17D,18D,19D,20D,29D,30D,31D,32D,38D,39D,40D,41D. The molecule has 15 aromatic carbocycles. The molecule has 0 radical (unpaired) electrons. The maximum Gasteiger partial charge on any atom is 0.249 e. The second kappa shape index (κ2) is 20.2. The Balaban J connectivity index is 0.860. The van der Waals surface area contributed by atoms with Crippen LogP contribution in [0.3, 0.4) is 0 Å².